The fourth-order valence-electron chi connectivity index (χ4n) is 2.15. The fourth-order valence-corrected chi connectivity index (χ4v) is 2.15. The van der Waals surface area contributed by atoms with Gasteiger partial charge in [-0.05, 0) is 55.7 Å². The molecule has 0 fully saturated rings. The van der Waals surface area contributed by atoms with E-state index in [1.165, 1.54) is 18.1 Å². The number of Topliss-reactive ketones (excluding diaryl/α,β-unsaturated/α-hetero) is 1. The molecule has 3 nitrogen and oxygen atoms in total. The summed E-state index contributed by atoms with van der Waals surface area (Å²) in [5.74, 6) is 0.00116. The van der Waals surface area contributed by atoms with Crippen LogP contribution in [0.15, 0.2) is 48.5 Å². The van der Waals surface area contributed by atoms with E-state index in [0.29, 0.717) is 12.0 Å². The number of hydrogen-bond acceptors (Lipinski definition) is 2. The predicted molar refractivity (Wildman–Crippen MR) is 84.6 cm³/mol. The first kappa shape index (κ1) is 15.0. The van der Waals surface area contributed by atoms with Gasteiger partial charge in [0.15, 0.2) is 5.78 Å². The number of amides is 1. The molecule has 2 aromatic carbocycles. The van der Waals surface area contributed by atoms with Crippen LogP contribution in [0.2, 0.25) is 0 Å². The Morgan fingerprint density at radius 2 is 1.67 bits per heavy atom. The van der Waals surface area contributed by atoms with Crippen LogP contribution in [0, 0.1) is 6.92 Å². The summed E-state index contributed by atoms with van der Waals surface area (Å²) in [6.07, 6.45) is 1.17. The SMILES string of the molecule is CC(=O)c1ccc(NC(=O)CCc2ccccc2C)cc1. The van der Waals surface area contributed by atoms with E-state index in [1.54, 1.807) is 24.3 Å². The molecule has 21 heavy (non-hydrogen) atoms. The third-order valence-electron chi connectivity index (χ3n) is 3.46. The van der Waals surface area contributed by atoms with Crippen molar-refractivity contribution in [3.63, 3.8) is 0 Å². The lowest BCUT2D eigenvalue weighted by Crippen LogP contribution is -2.12. The van der Waals surface area contributed by atoms with Gasteiger partial charge in [-0.25, -0.2) is 0 Å². The maximum Gasteiger partial charge on any atom is 0.224 e. The molecule has 1 N–H and O–H groups in total. The van der Waals surface area contributed by atoms with E-state index >= 15 is 0 Å². The molecule has 2 rings (SSSR count). The topological polar surface area (TPSA) is 46.2 Å². The zero-order valence-corrected chi connectivity index (χ0v) is 12.3. The molecule has 0 saturated heterocycles. The standard InChI is InChI=1S/C18H19NO2/c1-13-5-3-4-6-15(13)9-12-18(21)19-17-10-7-16(8-11-17)14(2)20/h3-8,10-11H,9,12H2,1-2H3,(H,19,21). The lowest BCUT2D eigenvalue weighted by Gasteiger charge is -2.07. The van der Waals surface area contributed by atoms with Crippen molar-refractivity contribution < 1.29 is 9.59 Å². The molecule has 0 radical (unpaired) electrons. The molecule has 0 spiro atoms. The second-order valence-corrected chi connectivity index (χ2v) is 5.11. The third-order valence-corrected chi connectivity index (χ3v) is 3.46. The van der Waals surface area contributed by atoms with Crippen LogP contribution in [0.3, 0.4) is 0 Å². The van der Waals surface area contributed by atoms with Gasteiger partial charge in [-0.1, -0.05) is 24.3 Å². The molecule has 2 aromatic rings. The zero-order valence-electron chi connectivity index (χ0n) is 12.3. The Morgan fingerprint density at radius 3 is 2.29 bits per heavy atom. The van der Waals surface area contributed by atoms with Crippen molar-refractivity contribution in [2.75, 3.05) is 5.32 Å². The van der Waals surface area contributed by atoms with E-state index in [0.717, 1.165) is 12.1 Å². The van der Waals surface area contributed by atoms with Crippen LogP contribution < -0.4 is 5.32 Å². The first-order chi connectivity index (χ1) is 10.1. The molecular weight excluding hydrogens is 262 g/mol. The highest BCUT2D eigenvalue weighted by Crippen LogP contribution is 2.13. The van der Waals surface area contributed by atoms with Crippen LogP contribution >= 0.6 is 0 Å². The fraction of sp³-hybridized carbons (Fsp3) is 0.222. The Bertz CT molecular complexity index is 645. The van der Waals surface area contributed by atoms with Crippen molar-refractivity contribution in [1.29, 1.82) is 0 Å². The molecule has 0 aliphatic rings. The van der Waals surface area contributed by atoms with E-state index < -0.39 is 0 Å². The van der Waals surface area contributed by atoms with E-state index in [9.17, 15) is 9.59 Å². The summed E-state index contributed by atoms with van der Waals surface area (Å²) in [6, 6.07) is 15.0. The highest BCUT2D eigenvalue weighted by molar-refractivity contribution is 5.95. The summed E-state index contributed by atoms with van der Waals surface area (Å²) < 4.78 is 0. The first-order valence-corrected chi connectivity index (χ1v) is 7.01. The molecule has 108 valence electrons. The molecule has 0 unspecified atom stereocenters. The zero-order chi connectivity index (χ0) is 15.2. The van der Waals surface area contributed by atoms with Crippen molar-refractivity contribution in [2.24, 2.45) is 0 Å². The van der Waals surface area contributed by atoms with Crippen molar-refractivity contribution in [1.82, 2.24) is 0 Å². The molecule has 0 aliphatic heterocycles. The van der Waals surface area contributed by atoms with E-state index in [-0.39, 0.29) is 11.7 Å². The number of anilines is 1. The molecule has 0 aliphatic carbocycles. The largest absolute Gasteiger partial charge is 0.326 e. The summed E-state index contributed by atoms with van der Waals surface area (Å²) >= 11 is 0. The van der Waals surface area contributed by atoms with E-state index in [1.807, 2.05) is 31.2 Å². The highest BCUT2D eigenvalue weighted by Gasteiger charge is 2.05. The molecular formula is C18H19NO2. The Labute approximate surface area is 125 Å². The average Bonchev–Trinajstić information content (AvgIpc) is 2.47. The van der Waals surface area contributed by atoms with Gasteiger partial charge < -0.3 is 5.32 Å². The predicted octanol–water partition coefficient (Wildman–Crippen LogP) is 3.77. The average molecular weight is 281 g/mol. The van der Waals surface area contributed by atoms with Crippen LogP contribution in [0.4, 0.5) is 5.69 Å². The molecule has 1 amide bonds. The summed E-state index contributed by atoms with van der Waals surface area (Å²) in [7, 11) is 0. The Kier molecular flexibility index (Phi) is 4.88. The number of hydrogen-bond donors (Lipinski definition) is 1. The van der Waals surface area contributed by atoms with E-state index in [2.05, 4.69) is 5.32 Å². The second kappa shape index (κ2) is 6.84. The maximum atomic E-state index is 11.9. The normalized spacial score (nSPS) is 10.2. The van der Waals surface area contributed by atoms with Crippen LogP contribution in [0.1, 0.15) is 34.8 Å². The summed E-state index contributed by atoms with van der Waals surface area (Å²) in [5.41, 5.74) is 3.76. The number of nitrogens with one attached hydrogen (secondary N) is 1. The number of ketones is 1. The van der Waals surface area contributed by atoms with Gasteiger partial charge in [-0.2, -0.15) is 0 Å². The molecule has 0 bridgehead atoms. The van der Waals surface area contributed by atoms with E-state index in [4.69, 9.17) is 0 Å². The van der Waals surface area contributed by atoms with Crippen LogP contribution in [-0.4, -0.2) is 11.7 Å². The molecule has 0 heterocycles. The van der Waals surface area contributed by atoms with Gasteiger partial charge in [0, 0.05) is 17.7 Å². The minimum Gasteiger partial charge on any atom is -0.326 e. The molecule has 0 aromatic heterocycles. The highest BCUT2D eigenvalue weighted by atomic mass is 16.1. The smallest absolute Gasteiger partial charge is 0.224 e. The van der Waals surface area contributed by atoms with Gasteiger partial charge in [0.05, 0.1) is 0 Å². The van der Waals surface area contributed by atoms with Gasteiger partial charge in [0.2, 0.25) is 5.91 Å². The summed E-state index contributed by atoms with van der Waals surface area (Å²) in [6.45, 7) is 3.57. The second-order valence-electron chi connectivity index (χ2n) is 5.11. The van der Waals surface area contributed by atoms with Gasteiger partial charge in [0.1, 0.15) is 0 Å². The maximum absolute atomic E-state index is 11.9. The molecule has 0 atom stereocenters. The quantitative estimate of drug-likeness (QED) is 0.848. The summed E-state index contributed by atoms with van der Waals surface area (Å²) in [4.78, 5) is 23.1. The Morgan fingerprint density at radius 1 is 1.00 bits per heavy atom. The van der Waals surface area contributed by atoms with Gasteiger partial charge in [-0.3, -0.25) is 9.59 Å². The van der Waals surface area contributed by atoms with Crippen molar-refractivity contribution in [3.05, 3.63) is 65.2 Å². The van der Waals surface area contributed by atoms with Gasteiger partial charge in [0.25, 0.3) is 0 Å². The lowest BCUT2D eigenvalue weighted by molar-refractivity contribution is -0.116. The number of benzene rings is 2. The van der Waals surface area contributed by atoms with Gasteiger partial charge >= 0.3 is 0 Å². The number of rotatable bonds is 5. The molecule has 0 saturated carbocycles. The van der Waals surface area contributed by atoms with Crippen LogP contribution in [0.5, 0.6) is 0 Å². The van der Waals surface area contributed by atoms with Crippen molar-refractivity contribution in [3.8, 4) is 0 Å². The lowest BCUT2D eigenvalue weighted by atomic mass is 10.0. The monoisotopic (exact) mass is 281 g/mol. The molecule has 3 heteroatoms. The minimum absolute atomic E-state index is 0.0196. The first-order valence-electron chi connectivity index (χ1n) is 7.01. The number of carbonyl (C=O) groups is 2. The summed E-state index contributed by atoms with van der Waals surface area (Å²) in [5, 5.41) is 2.85. The van der Waals surface area contributed by atoms with Crippen LogP contribution in [-0.2, 0) is 11.2 Å². The Hall–Kier alpha value is -2.42. The third kappa shape index (κ3) is 4.28. The number of carbonyl (C=O) groups excluding carboxylic acids is 2. The van der Waals surface area contributed by atoms with Crippen LogP contribution in [0.25, 0.3) is 0 Å². The van der Waals surface area contributed by atoms with Crippen molar-refractivity contribution >= 4 is 17.4 Å². The number of aryl methyl sites for hydroxylation is 2. The van der Waals surface area contributed by atoms with Crippen molar-refractivity contribution in [2.45, 2.75) is 26.7 Å². The van der Waals surface area contributed by atoms with Gasteiger partial charge in [-0.15, -0.1) is 0 Å². The Balaban J connectivity index is 1.90. The minimum atomic E-state index is -0.0196.